The van der Waals surface area contributed by atoms with Gasteiger partial charge < -0.3 is 15.0 Å². The molecule has 0 heterocycles. The maximum atomic E-state index is 12.2. The maximum absolute atomic E-state index is 12.2. The van der Waals surface area contributed by atoms with E-state index in [0.717, 1.165) is 11.1 Å². The predicted molar refractivity (Wildman–Crippen MR) is 112 cm³/mol. The van der Waals surface area contributed by atoms with Crippen molar-refractivity contribution in [3.63, 3.8) is 0 Å². The Labute approximate surface area is 170 Å². The van der Waals surface area contributed by atoms with E-state index in [1.807, 2.05) is 42.5 Å². The van der Waals surface area contributed by atoms with E-state index < -0.39 is 18.5 Å². The summed E-state index contributed by atoms with van der Waals surface area (Å²) in [6.45, 7) is 7.09. The van der Waals surface area contributed by atoms with Crippen LogP contribution >= 0.6 is 0 Å². The van der Waals surface area contributed by atoms with Gasteiger partial charge in [0.1, 0.15) is 6.54 Å². The van der Waals surface area contributed by atoms with Crippen molar-refractivity contribution in [1.82, 2.24) is 10.2 Å². The Balaban J connectivity index is 1.81. The summed E-state index contributed by atoms with van der Waals surface area (Å²) >= 11 is 0. The molecule has 2 rings (SSSR count). The first-order chi connectivity index (χ1) is 14.0. The normalized spacial score (nSPS) is 9.93. The number of carbonyl (C=O) groups is 3. The molecule has 0 radical (unpaired) electrons. The van der Waals surface area contributed by atoms with Crippen LogP contribution in [-0.2, 0) is 14.3 Å². The fraction of sp³-hybridized carbons (Fsp3) is 0.174. The van der Waals surface area contributed by atoms with E-state index in [2.05, 4.69) is 18.5 Å². The van der Waals surface area contributed by atoms with Gasteiger partial charge in [-0.25, -0.2) is 0 Å². The lowest BCUT2D eigenvalue weighted by molar-refractivity contribution is -0.150. The topological polar surface area (TPSA) is 75.7 Å². The Morgan fingerprint density at radius 3 is 2.07 bits per heavy atom. The molecule has 0 saturated heterocycles. The number of amides is 2. The van der Waals surface area contributed by atoms with Gasteiger partial charge in [-0.15, -0.1) is 13.2 Å². The van der Waals surface area contributed by atoms with E-state index in [0.29, 0.717) is 18.7 Å². The van der Waals surface area contributed by atoms with Crippen molar-refractivity contribution in [3.05, 3.63) is 85.5 Å². The molecule has 0 aromatic heterocycles. The third-order valence-corrected chi connectivity index (χ3v) is 4.06. The largest absolute Gasteiger partial charge is 0.454 e. The van der Waals surface area contributed by atoms with Crippen molar-refractivity contribution < 1.29 is 19.1 Å². The Morgan fingerprint density at radius 2 is 1.48 bits per heavy atom. The fourth-order valence-electron chi connectivity index (χ4n) is 2.57. The van der Waals surface area contributed by atoms with Crippen molar-refractivity contribution in [2.24, 2.45) is 0 Å². The van der Waals surface area contributed by atoms with Crippen LogP contribution < -0.4 is 5.32 Å². The summed E-state index contributed by atoms with van der Waals surface area (Å²) in [6, 6.07) is 16.9. The first-order valence-corrected chi connectivity index (χ1v) is 9.14. The number of hydrogen-bond acceptors (Lipinski definition) is 4. The third kappa shape index (κ3) is 6.77. The number of ether oxygens (including phenoxy) is 1. The van der Waals surface area contributed by atoms with Gasteiger partial charge in [0.25, 0.3) is 11.8 Å². The van der Waals surface area contributed by atoms with Gasteiger partial charge in [-0.1, -0.05) is 54.6 Å². The monoisotopic (exact) mass is 392 g/mol. The van der Waals surface area contributed by atoms with Crippen LogP contribution in [0.15, 0.2) is 79.9 Å². The minimum atomic E-state index is -0.690. The van der Waals surface area contributed by atoms with Crippen LogP contribution in [0.3, 0.4) is 0 Å². The van der Waals surface area contributed by atoms with Crippen molar-refractivity contribution in [1.29, 1.82) is 0 Å². The number of benzene rings is 2. The Bertz CT molecular complexity index is 850. The summed E-state index contributed by atoms with van der Waals surface area (Å²) in [5.41, 5.74) is 2.47. The van der Waals surface area contributed by atoms with E-state index in [1.54, 1.807) is 24.3 Å². The lowest BCUT2D eigenvalue weighted by Gasteiger charge is -2.18. The smallest absolute Gasteiger partial charge is 0.325 e. The van der Waals surface area contributed by atoms with Crippen molar-refractivity contribution in [3.8, 4) is 11.1 Å². The van der Waals surface area contributed by atoms with Gasteiger partial charge >= 0.3 is 5.97 Å². The maximum Gasteiger partial charge on any atom is 0.325 e. The zero-order valence-electron chi connectivity index (χ0n) is 16.2. The van der Waals surface area contributed by atoms with E-state index in [1.165, 1.54) is 4.90 Å². The van der Waals surface area contributed by atoms with Crippen LogP contribution in [0.5, 0.6) is 0 Å². The number of esters is 1. The summed E-state index contributed by atoms with van der Waals surface area (Å²) in [7, 11) is 0. The second kappa shape index (κ2) is 11.2. The fourth-order valence-corrected chi connectivity index (χ4v) is 2.57. The predicted octanol–water partition coefficient (Wildman–Crippen LogP) is 2.83. The number of nitrogens with one attached hydrogen (secondary N) is 1. The van der Waals surface area contributed by atoms with E-state index in [-0.39, 0.29) is 12.5 Å². The van der Waals surface area contributed by atoms with Crippen LogP contribution in [0.4, 0.5) is 0 Å². The molecule has 0 aliphatic heterocycles. The number of nitrogens with zero attached hydrogens (tertiary/aromatic N) is 1. The number of carbonyl (C=O) groups excluding carboxylic acids is 3. The van der Waals surface area contributed by atoms with E-state index in [4.69, 9.17) is 4.74 Å². The first-order valence-electron chi connectivity index (χ1n) is 9.14. The quantitative estimate of drug-likeness (QED) is 0.498. The minimum Gasteiger partial charge on any atom is -0.454 e. The molecule has 0 aliphatic rings. The first kappa shape index (κ1) is 21.6. The Kier molecular flexibility index (Phi) is 8.38. The van der Waals surface area contributed by atoms with E-state index in [9.17, 15) is 14.4 Å². The Hall–Kier alpha value is -3.67. The molecule has 29 heavy (non-hydrogen) atoms. The molecule has 0 unspecified atom stereocenters. The second-order valence-electron chi connectivity index (χ2n) is 6.16. The van der Waals surface area contributed by atoms with Gasteiger partial charge in [0.2, 0.25) is 0 Å². The van der Waals surface area contributed by atoms with E-state index >= 15 is 0 Å². The Morgan fingerprint density at radius 1 is 0.897 bits per heavy atom. The highest BCUT2D eigenvalue weighted by Gasteiger charge is 2.14. The molecule has 0 fully saturated rings. The SMILES string of the molecule is C=CCN(CC=C)C(=O)COC(=O)CNC(=O)c1ccc(-c2ccccc2)cc1. The zero-order chi connectivity index (χ0) is 21.1. The molecular formula is C23H24N2O4. The zero-order valence-corrected chi connectivity index (χ0v) is 16.2. The highest BCUT2D eigenvalue weighted by molar-refractivity contribution is 5.96. The molecular weight excluding hydrogens is 368 g/mol. The molecule has 0 aliphatic carbocycles. The second-order valence-corrected chi connectivity index (χ2v) is 6.16. The molecule has 2 aromatic carbocycles. The molecule has 0 saturated carbocycles. The summed E-state index contributed by atoms with van der Waals surface area (Å²) in [4.78, 5) is 37.5. The van der Waals surface area contributed by atoms with Gasteiger partial charge in [0.15, 0.2) is 6.61 Å². The van der Waals surface area contributed by atoms with Crippen LogP contribution in [0.25, 0.3) is 11.1 Å². The van der Waals surface area contributed by atoms with Crippen molar-refractivity contribution in [2.75, 3.05) is 26.2 Å². The number of hydrogen-bond donors (Lipinski definition) is 1. The molecule has 0 spiro atoms. The van der Waals surface area contributed by atoms with Crippen molar-refractivity contribution in [2.45, 2.75) is 0 Å². The molecule has 150 valence electrons. The van der Waals surface area contributed by atoms with Gasteiger partial charge in [0.05, 0.1) is 0 Å². The molecule has 6 heteroatoms. The van der Waals surface area contributed by atoms with Crippen LogP contribution in [-0.4, -0.2) is 48.9 Å². The minimum absolute atomic E-state index is 0.324. The molecule has 0 atom stereocenters. The highest BCUT2D eigenvalue weighted by atomic mass is 16.5. The molecule has 2 amide bonds. The average molecular weight is 392 g/mol. The van der Waals surface area contributed by atoms with Crippen LogP contribution in [0.1, 0.15) is 10.4 Å². The molecule has 0 bridgehead atoms. The lowest BCUT2D eigenvalue weighted by atomic mass is 10.0. The third-order valence-electron chi connectivity index (χ3n) is 4.06. The van der Waals surface area contributed by atoms with Crippen molar-refractivity contribution >= 4 is 17.8 Å². The van der Waals surface area contributed by atoms with Gasteiger partial charge in [0, 0.05) is 18.7 Å². The average Bonchev–Trinajstić information content (AvgIpc) is 2.76. The van der Waals surface area contributed by atoms with Gasteiger partial charge in [-0.2, -0.15) is 0 Å². The lowest BCUT2D eigenvalue weighted by Crippen LogP contribution is -2.37. The standard InChI is InChI=1S/C23H24N2O4/c1-3-14-25(15-4-2)21(26)17-29-22(27)16-24-23(28)20-12-10-19(11-13-20)18-8-6-5-7-9-18/h3-13H,1-2,14-17H2,(H,24,28). The highest BCUT2D eigenvalue weighted by Crippen LogP contribution is 2.19. The van der Waals surface area contributed by atoms with Gasteiger partial charge in [-0.3, -0.25) is 14.4 Å². The van der Waals surface area contributed by atoms with Gasteiger partial charge in [-0.05, 0) is 23.3 Å². The summed E-state index contributed by atoms with van der Waals surface area (Å²) in [5, 5.41) is 2.49. The number of rotatable bonds is 10. The molecule has 2 aromatic rings. The van der Waals surface area contributed by atoms with Crippen LogP contribution in [0, 0.1) is 0 Å². The molecule has 6 nitrogen and oxygen atoms in total. The molecule has 1 N–H and O–H groups in total. The summed E-state index contributed by atoms with van der Waals surface area (Å²) in [5.74, 6) is -1.45. The summed E-state index contributed by atoms with van der Waals surface area (Å²) in [6.07, 6.45) is 3.15. The van der Waals surface area contributed by atoms with Crippen LogP contribution in [0.2, 0.25) is 0 Å². The summed E-state index contributed by atoms with van der Waals surface area (Å²) < 4.78 is 4.93.